The van der Waals surface area contributed by atoms with Gasteiger partial charge in [0.1, 0.15) is 5.75 Å². The Morgan fingerprint density at radius 3 is 2.48 bits per heavy atom. The van der Waals surface area contributed by atoms with Crippen molar-refractivity contribution in [3.63, 3.8) is 0 Å². The van der Waals surface area contributed by atoms with Crippen LogP contribution in [0.15, 0.2) is 48.5 Å². The molecule has 0 aliphatic carbocycles. The van der Waals surface area contributed by atoms with E-state index >= 15 is 0 Å². The largest absolute Gasteiger partial charge is 0.434 e. The number of benzene rings is 2. The Balaban J connectivity index is 2.05. The molecular formula is C16H16ClF2NO. The predicted octanol–water partition coefficient (Wildman–Crippen LogP) is 4.79. The number of hydrogen-bond acceptors (Lipinski definition) is 2. The summed E-state index contributed by atoms with van der Waals surface area (Å²) >= 11 is 6.14. The molecule has 0 bridgehead atoms. The molecule has 5 heteroatoms. The van der Waals surface area contributed by atoms with Gasteiger partial charge in [-0.05, 0) is 24.6 Å². The quantitative estimate of drug-likeness (QED) is 0.828. The highest BCUT2D eigenvalue weighted by molar-refractivity contribution is 6.31. The molecule has 0 saturated heterocycles. The maximum Gasteiger partial charge on any atom is 0.387 e. The molecule has 0 aliphatic rings. The molecule has 1 atom stereocenters. The Labute approximate surface area is 127 Å². The first-order valence-electron chi connectivity index (χ1n) is 6.58. The average Bonchev–Trinajstić information content (AvgIpc) is 2.46. The minimum Gasteiger partial charge on any atom is -0.434 e. The van der Waals surface area contributed by atoms with Gasteiger partial charge >= 0.3 is 6.61 Å². The zero-order chi connectivity index (χ0) is 15.2. The molecule has 0 spiro atoms. The zero-order valence-electron chi connectivity index (χ0n) is 11.5. The molecule has 0 fully saturated rings. The van der Waals surface area contributed by atoms with Gasteiger partial charge in [0.15, 0.2) is 0 Å². The van der Waals surface area contributed by atoms with Crippen molar-refractivity contribution in [2.45, 2.75) is 26.1 Å². The van der Waals surface area contributed by atoms with E-state index in [1.54, 1.807) is 18.2 Å². The van der Waals surface area contributed by atoms with Crippen LogP contribution >= 0.6 is 11.6 Å². The van der Waals surface area contributed by atoms with Gasteiger partial charge in [-0.25, -0.2) is 0 Å². The molecule has 0 unspecified atom stereocenters. The third-order valence-corrected chi connectivity index (χ3v) is 3.50. The first kappa shape index (κ1) is 15.7. The molecule has 2 nitrogen and oxygen atoms in total. The van der Waals surface area contributed by atoms with E-state index in [-0.39, 0.29) is 11.8 Å². The highest BCUT2D eigenvalue weighted by Gasteiger charge is 2.12. The molecular weight excluding hydrogens is 296 g/mol. The summed E-state index contributed by atoms with van der Waals surface area (Å²) in [5.41, 5.74) is 1.64. The topological polar surface area (TPSA) is 21.3 Å². The zero-order valence-corrected chi connectivity index (χ0v) is 12.3. The summed E-state index contributed by atoms with van der Waals surface area (Å²) in [4.78, 5) is 0. The molecule has 0 heterocycles. The molecule has 0 radical (unpaired) electrons. The maximum atomic E-state index is 12.4. The highest BCUT2D eigenvalue weighted by atomic mass is 35.5. The van der Waals surface area contributed by atoms with Gasteiger partial charge < -0.3 is 10.1 Å². The lowest BCUT2D eigenvalue weighted by Crippen LogP contribution is -2.19. The molecule has 0 saturated carbocycles. The second-order valence-electron chi connectivity index (χ2n) is 4.61. The minimum absolute atomic E-state index is 0.00157. The molecule has 0 aliphatic heterocycles. The van der Waals surface area contributed by atoms with Gasteiger partial charge in [-0.15, -0.1) is 0 Å². The minimum atomic E-state index is -2.83. The second kappa shape index (κ2) is 7.38. The SMILES string of the molecule is C[C@@H](NCc1ccccc1OC(F)F)c1ccccc1Cl. The Kier molecular flexibility index (Phi) is 5.53. The molecule has 1 N–H and O–H groups in total. The fourth-order valence-electron chi connectivity index (χ4n) is 2.06. The second-order valence-corrected chi connectivity index (χ2v) is 5.02. The van der Waals surface area contributed by atoms with Crippen molar-refractivity contribution in [2.75, 3.05) is 0 Å². The normalized spacial score (nSPS) is 12.4. The fraction of sp³-hybridized carbons (Fsp3) is 0.250. The van der Waals surface area contributed by atoms with Gasteiger partial charge in [0.2, 0.25) is 0 Å². The monoisotopic (exact) mass is 311 g/mol. The first-order valence-corrected chi connectivity index (χ1v) is 6.96. The van der Waals surface area contributed by atoms with Crippen LogP contribution in [0, 0.1) is 0 Å². The Hall–Kier alpha value is -1.65. The molecule has 2 rings (SSSR count). The molecule has 2 aromatic rings. The molecule has 0 aromatic heterocycles. The van der Waals surface area contributed by atoms with Crippen molar-refractivity contribution in [3.8, 4) is 5.75 Å². The number of alkyl halides is 2. The van der Waals surface area contributed by atoms with E-state index in [4.69, 9.17) is 11.6 Å². The summed E-state index contributed by atoms with van der Waals surface area (Å²) in [7, 11) is 0. The summed E-state index contributed by atoms with van der Waals surface area (Å²) in [5.74, 6) is 0.186. The Morgan fingerprint density at radius 1 is 1.10 bits per heavy atom. The van der Waals surface area contributed by atoms with E-state index < -0.39 is 6.61 Å². The third-order valence-electron chi connectivity index (χ3n) is 3.16. The van der Waals surface area contributed by atoms with Crippen molar-refractivity contribution < 1.29 is 13.5 Å². The van der Waals surface area contributed by atoms with Gasteiger partial charge in [-0.2, -0.15) is 8.78 Å². The summed E-state index contributed by atoms with van der Waals surface area (Å²) in [5, 5.41) is 3.94. The van der Waals surface area contributed by atoms with E-state index in [2.05, 4.69) is 10.1 Å². The van der Waals surface area contributed by atoms with Crippen molar-refractivity contribution in [1.82, 2.24) is 5.32 Å². The van der Waals surface area contributed by atoms with Gasteiger partial charge in [0.25, 0.3) is 0 Å². The lowest BCUT2D eigenvalue weighted by molar-refractivity contribution is -0.0505. The molecule has 0 amide bonds. The number of halogens is 3. The number of hydrogen-bond donors (Lipinski definition) is 1. The summed E-state index contributed by atoms with van der Waals surface area (Å²) < 4.78 is 29.2. The van der Waals surface area contributed by atoms with Crippen molar-refractivity contribution in [1.29, 1.82) is 0 Å². The Bertz CT molecular complexity index is 592. The van der Waals surface area contributed by atoms with Gasteiger partial charge in [-0.3, -0.25) is 0 Å². The summed E-state index contributed by atoms with van der Waals surface area (Å²) in [6.07, 6.45) is 0. The van der Waals surface area contributed by atoms with Crippen LogP contribution in [0.3, 0.4) is 0 Å². The third kappa shape index (κ3) is 4.41. The van der Waals surface area contributed by atoms with Crippen molar-refractivity contribution >= 4 is 11.6 Å². The maximum absolute atomic E-state index is 12.4. The van der Waals surface area contributed by atoms with E-state index in [0.29, 0.717) is 17.1 Å². The number of ether oxygens (including phenoxy) is 1. The van der Waals surface area contributed by atoms with Crippen LogP contribution in [-0.4, -0.2) is 6.61 Å². The lowest BCUT2D eigenvalue weighted by atomic mass is 10.1. The average molecular weight is 312 g/mol. The van der Waals surface area contributed by atoms with Crippen molar-refractivity contribution in [3.05, 3.63) is 64.7 Å². The van der Waals surface area contributed by atoms with Crippen LogP contribution in [0.2, 0.25) is 5.02 Å². The number of nitrogens with one attached hydrogen (secondary N) is 1. The molecule has 112 valence electrons. The fourth-order valence-corrected chi connectivity index (χ4v) is 2.36. The van der Waals surface area contributed by atoms with Gasteiger partial charge in [-0.1, -0.05) is 48.0 Å². The highest BCUT2D eigenvalue weighted by Crippen LogP contribution is 2.24. The van der Waals surface area contributed by atoms with Crippen LogP contribution in [0.25, 0.3) is 0 Å². The van der Waals surface area contributed by atoms with Crippen LogP contribution in [-0.2, 0) is 6.54 Å². The van der Waals surface area contributed by atoms with E-state index in [1.165, 1.54) is 6.07 Å². The van der Waals surface area contributed by atoms with Gasteiger partial charge in [0, 0.05) is 23.2 Å². The standard InChI is InChI=1S/C16H16ClF2NO/c1-11(13-7-3-4-8-14(13)17)20-10-12-6-2-5-9-15(12)21-16(18)19/h2-9,11,16,20H,10H2,1H3/t11-/m1/s1. The predicted molar refractivity (Wildman–Crippen MR) is 79.8 cm³/mol. The Morgan fingerprint density at radius 2 is 1.76 bits per heavy atom. The van der Waals surface area contributed by atoms with E-state index in [1.807, 2.05) is 31.2 Å². The van der Waals surface area contributed by atoms with Crippen LogP contribution < -0.4 is 10.1 Å². The van der Waals surface area contributed by atoms with Crippen LogP contribution in [0.5, 0.6) is 5.75 Å². The first-order chi connectivity index (χ1) is 10.1. The summed E-state index contributed by atoms with van der Waals surface area (Å²) in [6.45, 7) is -0.445. The lowest BCUT2D eigenvalue weighted by Gasteiger charge is -2.17. The van der Waals surface area contributed by atoms with E-state index in [9.17, 15) is 8.78 Å². The molecule has 2 aromatic carbocycles. The van der Waals surface area contributed by atoms with Crippen LogP contribution in [0.4, 0.5) is 8.78 Å². The smallest absolute Gasteiger partial charge is 0.387 e. The van der Waals surface area contributed by atoms with Crippen molar-refractivity contribution in [2.24, 2.45) is 0 Å². The number of para-hydroxylation sites is 1. The van der Waals surface area contributed by atoms with E-state index in [0.717, 1.165) is 5.56 Å². The summed E-state index contributed by atoms with van der Waals surface area (Å²) in [6, 6.07) is 14.3. The van der Waals surface area contributed by atoms with Gasteiger partial charge in [0.05, 0.1) is 0 Å². The van der Waals surface area contributed by atoms with Crippen LogP contribution in [0.1, 0.15) is 24.1 Å². The molecule has 21 heavy (non-hydrogen) atoms. The number of rotatable bonds is 6.